The van der Waals surface area contributed by atoms with Gasteiger partial charge in [-0.1, -0.05) is 20.8 Å². The van der Waals surface area contributed by atoms with Gasteiger partial charge in [-0.15, -0.1) is 0 Å². The van der Waals surface area contributed by atoms with Crippen LogP contribution in [0.5, 0.6) is 0 Å². The molecule has 1 rings (SSSR count). The molecule has 66 valence electrons. The van der Waals surface area contributed by atoms with E-state index in [1.54, 1.807) is 6.20 Å². The molecule has 1 aromatic heterocycles. The van der Waals surface area contributed by atoms with Crippen molar-refractivity contribution in [2.24, 2.45) is 0 Å². The molecule has 1 N–H and O–H groups in total. The summed E-state index contributed by atoms with van der Waals surface area (Å²) >= 11 is 0. The zero-order valence-electron chi connectivity index (χ0n) is 7.70. The number of hydrogen-bond acceptors (Lipinski definition) is 3. The highest BCUT2D eigenvalue weighted by atomic mass is 16.3. The fourth-order valence-electron chi connectivity index (χ4n) is 0.893. The smallest absolute Gasteiger partial charge is 0.153 e. The number of nitrogens with zero attached hydrogens (tertiary/aromatic N) is 2. The Hall–Kier alpha value is -0.960. The standard InChI is InChI=1S/C9H14N2O/c1-9(2,3)7-4-5-10-8(6-12)11-7/h4-5,12H,6H2,1-3H3. The highest BCUT2D eigenvalue weighted by Crippen LogP contribution is 2.18. The van der Waals surface area contributed by atoms with Crippen LogP contribution in [0.2, 0.25) is 0 Å². The lowest BCUT2D eigenvalue weighted by Crippen LogP contribution is -2.14. The van der Waals surface area contributed by atoms with Crippen molar-refractivity contribution in [1.82, 2.24) is 9.97 Å². The van der Waals surface area contributed by atoms with Gasteiger partial charge in [0.1, 0.15) is 6.61 Å². The molecular formula is C9H14N2O. The first-order valence-corrected chi connectivity index (χ1v) is 3.97. The Bertz CT molecular complexity index is 265. The van der Waals surface area contributed by atoms with Crippen LogP contribution in [0, 0.1) is 0 Å². The third-order valence-corrected chi connectivity index (χ3v) is 1.62. The summed E-state index contributed by atoms with van der Waals surface area (Å²) in [5.74, 6) is 0.488. The molecule has 1 heterocycles. The van der Waals surface area contributed by atoms with E-state index >= 15 is 0 Å². The fourth-order valence-corrected chi connectivity index (χ4v) is 0.893. The fraction of sp³-hybridized carbons (Fsp3) is 0.556. The Morgan fingerprint density at radius 2 is 2.08 bits per heavy atom. The molecule has 0 saturated carbocycles. The molecule has 1 aromatic rings. The molecule has 3 nitrogen and oxygen atoms in total. The molecule has 0 radical (unpaired) electrons. The topological polar surface area (TPSA) is 46.0 Å². The first kappa shape index (κ1) is 9.13. The van der Waals surface area contributed by atoms with Crippen LogP contribution in [0.4, 0.5) is 0 Å². The van der Waals surface area contributed by atoms with Gasteiger partial charge in [-0.25, -0.2) is 9.97 Å². The van der Waals surface area contributed by atoms with Crippen molar-refractivity contribution in [3.63, 3.8) is 0 Å². The zero-order chi connectivity index (χ0) is 9.19. The van der Waals surface area contributed by atoms with Crippen molar-refractivity contribution in [1.29, 1.82) is 0 Å². The number of hydrogen-bond donors (Lipinski definition) is 1. The molecule has 0 atom stereocenters. The van der Waals surface area contributed by atoms with E-state index < -0.39 is 0 Å². The monoisotopic (exact) mass is 166 g/mol. The third-order valence-electron chi connectivity index (χ3n) is 1.62. The van der Waals surface area contributed by atoms with E-state index in [-0.39, 0.29) is 12.0 Å². The van der Waals surface area contributed by atoms with Gasteiger partial charge in [0, 0.05) is 17.3 Å². The van der Waals surface area contributed by atoms with E-state index in [1.165, 1.54) is 0 Å². The second kappa shape index (κ2) is 3.19. The Morgan fingerprint density at radius 3 is 2.58 bits per heavy atom. The maximum Gasteiger partial charge on any atom is 0.153 e. The van der Waals surface area contributed by atoms with Gasteiger partial charge in [-0.3, -0.25) is 0 Å². The van der Waals surface area contributed by atoms with Gasteiger partial charge in [0.25, 0.3) is 0 Å². The van der Waals surface area contributed by atoms with Gasteiger partial charge in [0.15, 0.2) is 5.82 Å². The second-order valence-corrected chi connectivity index (χ2v) is 3.77. The van der Waals surface area contributed by atoms with Crippen LogP contribution in [-0.4, -0.2) is 15.1 Å². The van der Waals surface area contributed by atoms with Gasteiger partial charge in [-0.05, 0) is 6.07 Å². The molecule has 0 aliphatic heterocycles. The maximum absolute atomic E-state index is 8.80. The summed E-state index contributed by atoms with van der Waals surface area (Å²) in [7, 11) is 0. The number of aromatic nitrogens is 2. The minimum Gasteiger partial charge on any atom is -0.388 e. The summed E-state index contributed by atoms with van der Waals surface area (Å²) in [4.78, 5) is 8.11. The van der Waals surface area contributed by atoms with E-state index in [0.717, 1.165) is 5.69 Å². The van der Waals surface area contributed by atoms with Gasteiger partial charge < -0.3 is 5.11 Å². The summed E-state index contributed by atoms with van der Waals surface area (Å²) in [6.45, 7) is 6.15. The van der Waals surface area contributed by atoms with Crippen LogP contribution in [-0.2, 0) is 12.0 Å². The quantitative estimate of drug-likeness (QED) is 0.683. The van der Waals surface area contributed by atoms with E-state index in [4.69, 9.17) is 5.11 Å². The molecule has 0 aliphatic carbocycles. The van der Waals surface area contributed by atoms with Gasteiger partial charge in [0.05, 0.1) is 0 Å². The molecule has 0 aromatic carbocycles. The van der Waals surface area contributed by atoms with E-state index in [0.29, 0.717) is 5.82 Å². The Balaban J connectivity index is 3.02. The molecule has 0 aliphatic rings. The highest BCUT2D eigenvalue weighted by molar-refractivity contribution is 5.11. The second-order valence-electron chi connectivity index (χ2n) is 3.77. The molecular weight excluding hydrogens is 152 g/mol. The summed E-state index contributed by atoms with van der Waals surface area (Å²) in [5.41, 5.74) is 0.980. The summed E-state index contributed by atoms with van der Waals surface area (Å²) in [6.07, 6.45) is 1.68. The molecule has 0 unspecified atom stereocenters. The van der Waals surface area contributed by atoms with Crippen molar-refractivity contribution in [2.75, 3.05) is 0 Å². The summed E-state index contributed by atoms with van der Waals surface area (Å²) in [6, 6.07) is 1.87. The summed E-state index contributed by atoms with van der Waals surface area (Å²) in [5, 5.41) is 8.80. The maximum atomic E-state index is 8.80. The van der Waals surface area contributed by atoms with Crippen molar-refractivity contribution in [3.8, 4) is 0 Å². The summed E-state index contributed by atoms with van der Waals surface area (Å²) < 4.78 is 0. The lowest BCUT2D eigenvalue weighted by atomic mass is 9.92. The first-order valence-electron chi connectivity index (χ1n) is 3.97. The molecule has 0 fully saturated rings. The van der Waals surface area contributed by atoms with Crippen LogP contribution < -0.4 is 0 Å². The van der Waals surface area contributed by atoms with E-state index in [1.807, 2.05) is 6.07 Å². The average Bonchev–Trinajstić information content (AvgIpc) is 2.03. The lowest BCUT2D eigenvalue weighted by molar-refractivity contribution is 0.270. The Morgan fingerprint density at radius 1 is 1.42 bits per heavy atom. The lowest BCUT2D eigenvalue weighted by Gasteiger charge is -2.17. The minimum absolute atomic E-state index is 0.0207. The van der Waals surface area contributed by atoms with Crippen LogP contribution in [0.1, 0.15) is 32.3 Å². The van der Waals surface area contributed by atoms with Gasteiger partial charge >= 0.3 is 0 Å². The molecule has 0 spiro atoms. The minimum atomic E-state index is -0.0933. The van der Waals surface area contributed by atoms with Crippen molar-refractivity contribution in [3.05, 3.63) is 23.8 Å². The third kappa shape index (κ3) is 2.01. The first-order chi connectivity index (χ1) is 5.54. The SMILES string of the molecule is CC(C)(C)c1ccnc(CO)n1. The Kier molecular flexibility index (Phi) is 2.43. The Labute approximate surface area is 72.5 Å². The number of aliphatic hydroxyl groups excluding tert-OH is 1. The van der Waals surface area contributed by atoms with E-state index in [2.05, 4.69) is 30.7 Å². The molecule has 12 heavy (non-hydrogen) atoms. The van der Waals surface area contributed by atoms with Crippen LogP contribution in [0.25, 0.3) is 0 Å². The number of aliphatic hydroxyl groups is 1. The normalized spacial score (nSPS) is 11.7. The van der Waals surface area contributed by atoms with Gasteiger partial charge in [0.2, 0.25) is 0 Å². The number of rotatable bonds is 1. The average molecular weight is 166 g/mol. The molecule has 0 bridgehead atoms. The van der Waals surface area contributed by atoms with Gasteiger partial charge in [-0.2, -0.15) is 0 Å². The van der Waals surface area contributed by atoms with Crippen LogP contribution >= 0.6 is 0 Å². The molecule has 0 saturated heterocycles. The van der Waals surface area contributed by atoms with Crippen molar-refractivity contribution < 1.29 is 5.11 Å². The van der Waals surface area contributed by atoms with Crippen molar-refractivity contribution >= 4 is 0 Å². The highest BCUT2D eigenvalue weighted by Gasteiger charge is 2.15. The zero-order valence-corrected chi connectivity index (χ0v) is 7.70. The molecule has 0 amide bonds. The predicted octanol–water partition coefficient (Wildman–Crippen LogP) is 1.27. The van der Waals surface area contributed by atoms with Crippen molar-refractivity contribution in [2.45, 2.75) is 32.8 Å². The van der Waals surface area contributed by atoms with E-state index in [9.17, 15) is 0 Å². The van der Waals surface area contributed by atoms with Crippen LogP contribution in [0.3, 0.4) is 0 Å². The largest absolute Gasteiger partial charge is 0.388 e. The van der Waals surface area contributed by atoms with Crippen LogP contribution in [0.15, 0.2) is 12.3 Å². The predicted molar refractivity (Wildman–Crippen MR) is 46.7 cm³/mol. The molecule has 3 heteroatoms.